The SMILES string of the molecule is C=NC(=NC1CCC(N(Cc2cccc(-c3ccsc3)n2)C(=O)OCOC(C)=O)CC1)NC(=C\C)/C=C1\SC(=O)NC1=O. The molecule has 1 saturated heterocycles. The number of imide groups is 1. The smallest absolute Gasteiger partial charge is 0.413 e. The van der Waals surface area contributed by atoms with E-state index in [2.05, 4.69) is 22.3 Å². The third kappa shape index (κ3) is 9.09. The average molecular weight is 625 g/mol. The number of hydrogen-bond acceptors (Lipinski definition) is 10. The van der Waals surface area contributed by atoms with Crippen LogP contribution in [0.4, 0.5) is 9.59 Å². The molecule has 0 atom stereocenters. The molecule has 0 radical (unpaired) electrons. The number of carbonyl (C=O) groups is 4. The van der Waals surface area contributed by atoms with Gasteiger partial charge in [-0.3, -0.25) is 29.6 Å². The van der Waals surface area contributed by atoms with Crippen LogP contribution in [0, 0.1) is 0 Å². The second kappa shape index (κ2) is 15.3. The van der Waals surface area contributed by atoms with Crippen molar-refractivity contribution in [3.63, 3.8) is 0 Å². The predicted molar refractivity (Wildman–Crippen MR) is 165 cm³/mol. The van der Waals surface area contributed by atoms with Crippen molar-refractivity contribution in [2.45, 2.75) is 58.2 Å². The summed E-state index contributed by atoms with van der Waals surface area (Å²) in [5.41, 5.74) is 3.08. The number of carbonyl (C=O) groups excluding carboxylic acids is 4. The van der Waals surface area contributed by atoms with Gasteiger partial charge in [0, 0.05) is 29.6 Å². The normalized spacial score (nSPS) is 20.0. The van der Waals surface area contributed by atoms with Gasteiger partial charge in [-0.1, -0.05) is 12.1 Å². The first kappa shape index (κ1) is 31.6. The number of nitrogens with zero attached hydrogens (tertiary/aromatic N) is 4. The van der Waals surface area contributed by atoms with Crippen molar-refractivity contribution in [1.82, 2.24) is 20.5 Å². The Bertz CT molecular complexity index is 1450. The molecule has 1 aliphatic carbocycles. The molecule has 0 aromatic carbocycles. The Morgan fingerprint density at radius 3 is 2.63 bits per heavy atom. The third-order valence-corrected chi connectivity index (χ3v) is 8.19. The lowest BCUT2D eigenvalue weighted by atomic mass is 9.90. The van der Waals surface area contributed by atoms with Crippen LogP contribution in [0.15, 0.2) is 67.8 Å². The zero-order chi connectivity index (χ0) is 30.8. The molecule has 14 heteroatoms. The van der Waals surface area contributed by atoms with Crippen LogP contribution in [0.5, 0.6) is 0 Å². The molecular weight excluding hydrogens is 592 g/mol. The third-order valence-electron chi connectivity index (χ3n) is 6.69. The van der Waals surface area contributed by atoms with E-state index in [0.717, 1.165) is 23.0 Å². The first-order valence-electron chi connectivity index (χ1n) is 13.5. The lowest BCUT2D eigenvalue weighted by molar-refractivity contribution is -0.149. The Kier molecular flexibility index (Phi) is 11.2. The van der Waals surface area contributed by atoms with E-state index in [4.69, 9.17) is 19.5 Å². The summed E-state index contributed by atoms with van der Waals surface area (Å²) < 4.78 is 10.1. The van der Waals surface area contributed by atoms with Gasteiger partial charge >= 0.3 is 12.1 Å². The quantitative estimate of drug-likeness (QED) is 0.129. The standard InChI is InChI=1S/C29H32N6O6S2/c1-4-20(14-25-26(37)34-28(38)43-25)32-27(30-3)33-21-8-10-23(11-9-21)35(29(39)41-17-40-18(2)36)15-22-6-5-7-24(31-22)19-12-13-42-16-19/h4-7,12-14,16,21,23H,3,8-11,15,17H2,1-2H3,(H,32,33)(H,34,37,38)/b20-4-,25-14-. The van der Waals surface area contributed by atoms with Crippen LogP contribution in [-0.2, 0) is 25.6 Å². The molecule has 4 rings (SSSR count). The summed E-state index contributed by atoms with van der Waals surface area (Å²) >= 11 is 2.41. The van der Waals surface area contributed by atoms with E-state index in [-0.39, 0.29) is 29.5 Å². The maximum atomic E-state index is 13.1. The minimum Gasteiger partial charge on any atom is -0.428 e. The number of amides is 3. The molecule has 2 aromatic heterocycles. The monoisotopic (exact) mass is 624 g/mol. The fraction of sp³-hybridized carbons (Fsp3) is 0.345. The van der Waals surface area contributed by atoms with Crippen molar-refractivity contribution < 1.29 is 28.7 Å². The highest BCUT2D eigenvalue weighted by atomic mass is 32.2. The van der Waals surface area contributed by atoms with Gasteiger partial charge in [0.1, 0.15) is 0 Å². The van der Waals surface area contributed by atoms with Crippen LogP contribution in [0.1, 0.15) is 45.2 Å². The van der Waals surface area contributed by atoms with E-state index in [1.54, 1.807) is 35.3 Å². The van der Waals surface area contributed by atoms with Crippen molar-refractivity contribution in [3.05, 3.63) is 63.5 Å². The first-order chi connectivity index (χ1) is 20.7. The van der Waals surface area contributed by atoms with Crippen LogP contribution < -0.4 is 10.6 Å². The highest BCUT2D eigenvalue weighted by Gasteiger charge is 2.31. The van der Waals surface area contributed by atoms with E-state index < -0.39 is 30.0 Å². The summed E-state index contributed by atoms with van der Waals surface area (Å²) in [5, 5.41) is 8.87. The zero-order valence-electron chi connectivity index (χ0n) is 23.8. The minimum absolute atomic E-state index is 0.0836. The van der Waals surface area contributed by atoms with Gasteiger partial charge in [-0.2, -0.15) is 11.3 Å². The van der Waals surface area contributed by atoms with Gasteiger partial charge in [0.05, 0.1) is 28.9 Å². The minimum atomic E-state index is -0.593. The molecule has 0 bridgehead atoms. The molecule has 3 heterocycles. The average Bonchev–Trinajstić information content (AvgIpc) is 3.65. The number of aliphatic imine (C=N–C) groups is 2. The maximum Gasteiger partial charge on any atom is 0.413 e. The largest absolute Gasteiger partial charge is 0.428 e. The second-order valence-corrected chi connectivity index (χ2v) is 11.4. The number of ether oxygens (including phenoxy) is 2. The molecule has 43 heavy (non-hydrogen) atoms. The van der Waals surface area contributed by atoms with Crippen molar-refractivity contribution in [1.29, 1.82) is 0 Å². The van der Waals surface area contributed by atoms with E-state index in [9.17, 15) is 19.2 Å². The Balaban J connectivity index is 1.43. The van der Waals surface area contributed by atoms with E-state index in [0.29, 0.717) is 37.1 Å². The molecule has 3 amide bonds. The first-order valence-corrected chi connectivity index (χ1v) is 15.3. The topological polar surface area (TPSA) is 152 Å². The van der Waals surface area contributed by atoms with Gasteiger partial charge in [0.2, 0.25) is 12.8 Å². The van der Waals surface area contributed by atoms with E-state index >= 15 is 0 Å². The Hall–Kier alpha value is -4.30. The molecule has 0 unspecified atom stereocenters. The summed E-state index contributed by atoms with van der Waals surface area (Å²) in [6.07, 6.45) is 5.33. The number of hydrogen-bond donors (Lipinski definition) is 2. The molecule has 2 aromatic rings. The lowest BCUT2D eigenvalue weighted by Gasteiger charge is -2.35. The van der Waals surface area contributed by atoms with Crippen LogP contribution in [0.2, 0.25) is 0 Å². The van der Waals surface area contributed by atoms with Gasteiger partial charge in [-0.15, -0.1) is 0 Å². The molecule has 1 aliphatic heterocycles. The fourth-order valence-corrected chi connectivity index (χ4v) is 5.89. The van der Waals surface area contributed by atoms with Gasteiger partial charge in [0.15, 0.2) is 0 Å². The Labute approximate surface area is 257 Å². The van der Waals surface area contributed by atoms with Crippen LogP contribution >= 0.6 is 23.1 Å². The number of nitrogens with one attached hydrogen (secondary N) is 2. The molecule has 226 valence electrons. The number of allylic oxidation sites excluding steroid dienone is 2. The zero-order valence-corrected chi connectivity index (χ0v) is 25.4. The fourth-order valence-electron chi connectivity index (χ4n) is 4.57. The summed E-state index contributed by atoms with van der Waals surface area (Å²) in [6, 6.07) is 7.45. The Morgan fingerprint density at radius 1 is 1.21 bits per heavy atom. The summed E-state index contributed by atoms with van der Waals surface area (Å²) in [6.45, 7) is 6.40. The van der Waals surface area contributed by atoms with Crippen molar-refractivity contribution in [2.75, 3.05) is 6.79 Å². The molecule has 0 spiro atoms. The highest BCUT2D eigenvalue weighted by Crippen LogP contribution is 2.28. The number of thiophene rings is 1. The van der Waals surface area contributed by atoms with Gasteiger partial charge < -0.3 is 14.8 Å². The maximum absolute atomic E-state index is 13.1. The molecule has 2 N–H and O–H groups in total. The van der Waals surface area contributed by atoms with Crippen LogP contribution in [0.25, 0.3) is 11.3 Å². The van der Waals surface area contributed by atoms with Crippen LogP contribution in [0.3, 0.4) is 0 Å². The number of pyridine rings is 1. The molecule has 12 nitrogen and oxygen atoms in total. The molecule has 1 saturated carbocycles. The van der Waals surface area contributed by atoms with E-state index in [1.165, 1.54) is 6.92 Å². The number of guanidine groups is 1. The van der Waals surface area contributed by atoms with Gasteiger partial charge in [-0.05, 0) is 80.7 Å². The number of esters is 1. The number of thioether (sulfide) groups is 1. The highest BCUT2D eigenvalue weighted by molar-refractivity contribution is 8.18. The van der Waals surface area contributed by atoms with Crippen LogP contribution in [-0.4, -0.2) is 64.6 Å². The summed E-state index contributed by atoms with van der Waals surface area (Å²) in [5.74, 6) is -0.710. The lowest BCUT2D eigenvalue weighted by Crippen LogP contribution is -2.43. The Morgan fingerprint density at radius 2 is 2.00 bits per heavy atom. The van der Waals surface area contributed by atoms with Gasteiger partial charge in [-0.25, -0.2) is 14.8 Å². The molecule has 2 fully saturated rings. The summed E-state index contributed by atoms with van der Waals surface area (Å²) in [7, 11) is 0. The van der Waals surface area contributed by atoms with Gasteiger partial charge in [0.25, 0.3) is 11.1 Å². The van der Waals surface area contributed by atoms with E-state index in [1.807, 2.05) is 35.0 Å². The second-order valence-electron chi connectivity index (χ2n) is 9.61. The molecular formula is C29H32N6O6S2. The number of aromatic nitrogens is 1. The number of rotatable bonds is 9. The van der Waals surface area contributed by atoms with Crippen molar-refractivity contribution >= 4 is 59.0 Å². The summed E-state index contributed by atoms with van der Waals surface area (Å²) in [4.78, 5) is 63.1. The van der Waals surface area contributed by atoms with Crippen molar-refractivity contribution in [3.8, 4) is 11.3 Å². The predicted octanol–water partition coefficient (Wildman–Crippen LogP) is 5.00. The molecule has 2 aliphatic rings. The van der Waals surface area contributed by atoms with Crippen molar-refractivity contribution in [2.24, 2.45) is 9.98 Å².